The van der Waals surface area contributed by atoms with Crippen molar-refractivity contribution in [1.82, 2.24) is 5.32 Å². The maximum Gasteiger partial charge on any atom is 0.341 e. The van der Waals surface area contributed by atoms with Crippen LogP contribution in [0.4, 0.5) is 10.5 Å². The predicted molar refractivity (Wildman–Crippen MR) is 112 cm³/mol. The molecule has 3 rings (SSSR count). The minimum Gasteiger partial charge on any atom is -0.500 e. The van der Waals surface area contributed by atoms with Gasteiger partial charge in [-0.1, -0.05) is 12.1 Å². The first kappa shape index (κ1) is 22.5. The fraction of sp³-hybridized carbons (Fsp3) is 0.286. The van der Waals surface area contributed by atoms with E-state index in [0.717, 1.165) is 6.07 Å². The van der Waals surface area contributed by atoms with Crippen molar-refractivity contribution in [1.29, 1.82) is 0 Å². The highest BCUT2D eigenvalue weighted by Gasteiger charge is 2.39. The molecule has 2 atom stereocenters. The molecule has 2 aromatic carbocycles. The third kappa shape index (κ3) is 4.61. The van der Waals surface area contributed by atoms with Crippen LogP contribution in [0.5, 0.6) is 17.2 Å². The summed E-state index contributed by atoms with van der Waals surface area (Å²) in [6, 6.07) is 7.59. The molecule has 0 aromatic heterocycles. The second-order valence-corrected chi connectivity index (χ2v) is 6.96. The molecule has 0 saturated heterocycles. The fourth-order valence-electron chi connectivity index (χ4n) is 3.36. The van der Waals surface area contributed by atoms with Gasteiger partial charge >= 0.3 is 17.7 Å². The number of nitrogens with one attached hydrogen (secondary N) is 1. The van der Waals surface area contributed by atoms with Gasteiger partial charge in [-0.25, -0.2) is 9.79 Å². The van der Waals surface area contributed by atoms with Crippen LogP contribution in [0.15, 0.2) is 41.4 Å². The van der Waals surface area contributed by atoms with Crippen molar-refractivity contribution in [3.8, 4) is 17.2 Å². The summed E-state index contributed by atoms with van der Waals surface area (Å²) >= 11 is 0. The zero-order chi connectivity index (χ0) is 23.4. The van der Waals surface area contributed by atoms with E-state index >= 15 is 0 Å². The number of aliphatic imine (C=N–C) groups is 1. The summed E-state index contributed by atoms with van der Waals surface area (Å²) in [5.41, 5.74) is 0.458. The number of methoxy groups -OCH3 is 2. The van der Waals surface area contributed by atoms with Crippen molar-refractivity contribution in [3.05, 3.63) is 57.6 Å². The Kier molecular flexibility index (Phi) is 6.57. The number of aromatic hydroxyl groups is 1. The number of phenolic OH excluding ortho intramolecular Hbond substituents is 1. The monoisotopic (exact) mass is 443 g/mol. The summed E-state index contributed by atoms with van der Waals surface area (Å²) in [5.74, 6) is -1.90. The van der Waals surface area contributed by atoms with Crippen LogP contribution in [0.1, 0.15) is 24.1 Å². The van der Waals surface area contributed by atoms with E-state index in [4.69, 9.17) is 14.2 Å². The van der Waals surface area contributed by atoms with Gasteiger partial charge in [0, 0.05) is 11.8 Å². The maximum absolute atomic E-state index is 12.9. The third-order valence-corrected chi connectivity index (χ3v) is 4.99. The van der Waals surface area contributed by atoms with Crippen LogP contribution in [0, 0.1) is 16.0 Å². The number of carbonyl (C=O) groups excluding carboxylic acids is 2. The lowest BCUT2D eigenvalue weighted by atomic mass is 9.88. The van der Waals surface area contributed by atoms with E-state index in [2.05, 4.69) is 10.3 Å². The molecule has 168 valence electrons. The van der Waals surface area contributed by atoms with Crippen LogP contribution >= 0.6 is 0 Å². The Morgan fingerprint density at radius 3 is 2.50 bits per heavy atom. The smallest absolute Gasteiger partial charge is 0.341 e. The second-order valence-electron chi connectivity index (χ2n) is 6.96. The lowest BCUT2D eigenvalue weighted by Gasteiger charge is -2.29. The molecular weight excluding hydrogens is 422 g/mol. The molecule has 32 heavy (non-hydrogen) atoms. The number of phenols is 1. The molecule has 1 heterocycles. The largest absolute Gasteiger partial charge is 0.500 e. The molecular formula is C21H21N3O8. The Morgan fingerprint density at radius 1 is 1.22 bits per heavy atom. The summed E-state index contributed by atoms with van der Waals surface area (Å²) in [6.45, 7) is 1.46. The summed E-state index contributed by atoms with van der Waals surface area (Å²) in [7, 11) is 2.77. The molecule has 11 nitrogen and oxygen atoms in total. The van der Waals surface area contributed by atoms with Crippen molar-refractivity contribution < 1.29 is 33.8 Å². The molecule has 0 aliphatic carbocycles. The van der Waals surface area contributed by atoms with Crippen LogP contribution in [0.25, 0.3) is 0 Å². The van der Waals surface area contributed by atoms with Crippen molar-refractivity contribution in [2.45, 2.75) is 19.6 Å². The normalized spacial score (nSPS) is 17.7. The molecule has 1 aliphatic rings. The highest BCUT2D eigenvalue weighted by molar-refractivity contribution is 6.08. The first-order valence-electron chi connectivity index (χ1n) is 9.45. The summed E-state index contributed by atoms with van der Waals surface area (Å²) < 4.78 is 15.5. The van der Waals surface area contributed by atoms with Crippen LogP contribution in [0.2, 0.25) is 0 Å². The summed E-state index contributed by atoms with van der Waals surface area (Å²) in [5, 5.41) is 23.9. The van der Waals surface area contributed by atoms with Crippen LogP contribution in [-0.2, 0) is 16.1 Å². The number of hydrogen-bond acceptors (Lipinski definition) is 8. The Hall–Kier alpha value is -4.15. The van der Waals surface area contributed by atoms with Gasteiger partial charge < -0.3 is 24.6 Å². The highest BCUT2D eigenvalue weighted by Crippen LogP contribution is 2.40. The van der Waals surface area contributed by atoms with Crippen molar-refractivity contribution in [2.75, 3.05) is 14.2 Å². The SMILES string of the molecule is COc1ccc(COC(=O)C2C(C)=NC(=O)NC2c2cc(OC)c(O)c([N+](=O)[O-])c2)cc1. The minimum absolute atomic E-state index is 0.0354. The van der Waals surface area contributed by atoms with Crippen LogP contribution in [0.3, 0.4) is 0 Å². The third-order valence-electron chi connectivity index (χ3n) is 4.99. The Bertz CT molecular complexity index is 1080. The molecule has 2 unspecified atom stereocenters. The van der Waals surface area contributed by atoms with Gasteiger partial charge in [0.15, 0.2) is 5.75 Å². The Balaban J connectivity index is 1.91. The van der Waals surface area contributed by atoms with E-state index in [1.165, 1.54) is 27.2 Å². The fourth-order valence-corrected chi connectivity index (χ4v) is 3.36. The highest BCUT2D eigenvalue weighted by atomic mass is 16.6. The topological polar surface area (TPSA) is 150 Å². The Morgan fingerprint density at radius 2 is 1.91 bits per heavy atom. The number of benzene rings is 2. The number of amides is 2. The summed E-state index contributed by atoms with van der Waals surface area (Å²) in [6.07, 6.45) is 0. The van der Waals surface area contributed by atoms with Gasteiger partial charge in [-0.2, -0.15) is 0 Å². The minimum atomic E-state index is -1.04. The average molecular weight is 443 g/mol. The van der Waals surface area contributed by atoms with Gasteiger partial charge in [0.2, 0.25) is 5.75 Å². The van der Waals surface area contributed by atoms with Crippen molar-refractivity contribution in [2.24, 2.45) is 10.9 Å². The number of urea groups is 1. The van der Waals surface area contributed by atoms with Gasteiger partial charge in [0.25, 0.3) is 0 Å². The molecule has 2 aromatic rings. The lowest BCUT2D eigenvalue weighted by Crippen LogP contribution is -2.44. The van der Waals surface area contributed by atoms with Crippen molar-refractivity contribution in [3.63, 3.8) is 0 Å². The number of nitro groups is 1. The van der Waals surface area contributed by atoms with E-state index in [1.54, 1.807) is 24.3 Å². The van der Waals surface area contributed by atoms with Crippen molar-refractivity contribution >= 4 is 23.4 Å². The molecule has 0 radical (unpaired) electrons. The number of ether oxygens (including phenoxy) is 3. The summed E-state index contributed by atoms with van der Waals surface area (Å²) in [4.78, 5) is 39.3. The van der Waals surface area contributed by atoms with Gasteiger partial charge in [-0.3, -0.25) is 14.9 Å². The Labute approximate surface area is 182 Å². The second kappa shape index (κ2) is 9.33. The zero-order valence-electron chi connectivity index (χ0n) is 17.5. The van der Waals surface area contributed by atoms with Crippen LogP contribution < -0.4 is 14.8 Å². The van der Waals surface area contributed by atoms with Gasteiger partial charge in [0.1, 0.15) is 18.3 Å². The van der Waals surface area contributed by atoms with E-state index in [9.17, 15) is 24.8 Å². The predicted octanol–water partition coefficient (Wildman–Crippen LogP) is 2.90. The van der Waals surface area contributed by atoms with E-state index < -0.39 is 40.3 Å². The molecule has 11 heteroatoms. The number of carbonyl (C=O) groups is 2. The molecule has 0 fully saturated rings. The number of esters is 1. The van der Waals surface area contributed by atoms with E-state index in [1.807, 2.05) is 0 Å². The van der Waals surface area contributed by atoms with Crippen LogP contribution in [-0.4, -0.2) is 42.0 Å². The average Bonchev–Trinajstić information content (AvgIpc) is 2.77. The molecule has 0 saturated carbocycles. The molecule has 2 amide bonds. The maximum atomic E-state index is 12.9. The van der Waals surface area contributed by atoms with E-state index in [0.29, 0.717) is 11.3 Å². The molecule has 0 bridgehead atoms. The number of nitrogens with zero attached hydrogens (tertiary/aromatic N) is 2. The van der Waals surface area contributed by atoms with E-state index in [-0.39, 0.29) is 23.6 Å². The lowest BCUT2D eigenvalue weighted by molar-refractivity contribution is -0.386. The van der Waals surface area contributed by atoms with Gasteiger partial charge in [-0.05, 0) is 36.2 Å². The zero-order valence-corrected chi connectivity index (χ0v) is 17.5. The number of nitro benzene ring substituents is 1. The molecule has 2 N–H and O–H groups in total. The molecule has 1 aliphatic heterocycles. The van der Waals surface area contributed by atoms with Gasteiger partial charge in [0.05, 0.1) is 25.2 Å². The number of rotatable bonds is 7. The number of hydrogen-bond donors (Lipinski definition) is 2. The van der Waals surface area contributed by atoms with Gasteiger partial charge in [-0.15, -0.1) is 0 Å². The quantitative estimate of drug-likeness (QED) is 0.377. The standard InChI is InChI=1S/C21H21N3O8/c1-11-17(20(26)32-10-12-4-6-14(30-2)7-5-12)18(23-21(27)22-11)13-8-15(24(28)29)19(25)16(9-13)31-3/h4-9,17-18,25H,10H2,1-3H3,(H,23,27). The first-order valence-corrected chi connectivity index (χ1v) is 9.45. The molecule has 0 spiro atoms. The first-order chi connectivity index (χ1) is 15.2.